The minimum atomic E-state index is -3.38. The van der Waals surface area contributed by atoms with E-state index in [1.54, 1.807) is 28.6 Å². The van der Waals surface area contributed by atoms with Crippen molar-refractivity contribution in [3.05, 3.63) is 24.3 Å². The number of piperidine rings is 1. The molecule has 118 valence electrons. The lowest BCUT2D eigenvalue weighted by Crippen LogP contribution is -2.41. The average Bonchev–Trinajstić information content (AvgIpc) is 2.48. The quantitative estimate of drug-likeness (QED) is 0.756. The zero-order valence-electron chi connectivity index (χ0n) is 12.9. The van der Waals surface area contributed by atoms with Gasteiger partial charge in [0.05, 0.1) is 11.5 Å². The third kappa shape index (κ3) is 3.98. The Balaban J connectivity index is 2.09. The number of unbranched alkanes of at least 4 members (excludes halogenated alkanes) is 1. The molecule has 0 aromatic heterocycles. The van der Waals surface area contributed by atoms with E-state index in [0.717, 1.165) is 37.9 Å². The van der Waals surface area contributed by atoms with Crippen LogP contribution in [0.1, 0.15) is 46.0 Å². The predicted octanol–water partition coefficient (Wildman–Crippen LogP) is 3.43. The van der Waals surface area contributed by atoms with Crippen LogP contribution in [-0.4, -0.2) is 31.9 Å². The fourth-order valence-corrected chi connectivity index (χ4v) is 4.31. The van der Waals surface area contributed by atoms with Gasteiger partial charge < -0.3 is 4.74 Å². The molecule has 0 unspecified atom stereocenters. The fraction of sp³-hybridized carbons (Fsp3) is 0.625. The van der Waals surface area contributed by atoms with E-state index in [9.17, 15) is 8.42 Å². The summed E-state index contributed by atoms with van der Waals surface area (Å²) >= 11 is 0. The number of rotatable bonds is 6. The fourth-order valence-electron chi connectivity index (χ4n) is 2.61. The van der Waals surface area contributed by atoms with Crippen molar-refractivity contribution >= 4 is 10.0 Å². The second-order valence-electron chi connectivity index (χ2n) is 5.63. The Morgan fingerprint density at radius 1 is 1.24 bits per heavy atom. The molecule has 21 heavy (non-hydrogen) atoms. The van der Waals surface area contributed by atoms with E-state index in [0.29, 0.717) is 18.0 Å². The molecule has 1 aromatic rings. The summed E-state index contributed by atoms with van der Waals surface area (Å²) < 4.78 is 32.5. The van der Waals surface area contributed by atoms with Gasteiger partial charge in [0.15, 0.2) is 0 Å². The van der Waals surface area contributed by atoms with Crippen LogP contribution in [0.25, 0.3) is 0 Å². The smallest absolute Gasteiger partial charge is 0.243 e. The topological polar surface area (TPSA) is 46.6 Å². The number of hydrogen-bond acceptors (Lipinski definition) is 3. The van der Waals surface area contributed by atoms with Crippen molar-refractivity contribution in [2.45, 2.75) is 56.9 Å². The lowest BCUT2D eigenvalue weighted by molar-refractivity contribution is 0.268. The van der Waals surface area contributed by atoms with E-state index in [2.05, 4.69) is 6.92 Å². The van der Waals surface area contributed by atoms with Crippen LogP contribution in [0.2, 0.25) is 0 Å². The monoisotopic (exact) mass is 311 g/mol. The molecule has 1 aromatic carbocycles. The van der Waals surface area contributed by atoms with Crippen LogP contribution in [0, 0.1) is 0 Å². The summed E-state index contributed by atoms with van der Waals surface area (Å²) in [4.78, 5) is 0.360. The standard InChI is InChI=1S/C16H25NO3S/c1-3-4-13-20-15-8-10-16(11-9-15)21(18,19)17-12-6-5-7-14(17)2/h8-11,14H,3-7,12-13H2,1-2H3/t14-/m0/s1. The maximum absolute atomic E-state index is 12.7. The number of benzene rings is 1. The van der Waals surface area contributed by atoms with Crippen LogP contribution < -0.4 is 4.74 Å². The zero-order valence-corrected chi connectivity index (χ0v) is 13.7. The molecule has 1 aliphatic rings. The Bertz CT molecular complexity index is 539. The van der Waals surface area contributed by atoms with Gasteiger partial charge in [-0.05, 0) is 50.5 Å². The second-order valence-corrected chi connectivity index (χ2v) is 7.52. The molecule has 5 heteroatoms. The first kappa shape index (κ1) is 16.3. The van der Waals surface area contributed by atoms with Gasteiger partial charge >= 0.3 is 0 Å². The van der Waals surface area contributed by atoms with Crippen molar-refractivity contribution < 1.29 is 13.2 Å². The van der Waals surface area contributed by atoms with Gasteiger partial charge in [-0.3, -0.25) is 0 Å². The first-order chi connectivity index (χ1) is 10.1. The molecule has 1 aliphatic heterocycles. The Hall–Kier alpha value is -1.07. The average molecular weight is 311 g/mol. The molecule has 0 amide bonds. The van der Waals surface area contributed by atoms with Gasteiger partial charge in [-0.15, -0.1) is 0 Å². The van der Waals surface area contributed by atoms with Crippen molar-refractivity contribution in [3.8, 4) is 5.75 Å². The molecule has 0 aliphatic carbocycles. The molecule has 2 rings (SSSR count). The summed E-state index contributed by atoms with van der Waals surface area (Å²) in [6, 6.07) is 6.88. The largest absolute Gasteiger partial charge is 0.494 e. The Morgan fingerprint density at radius 2 is 1.95 bits per heavy atom. The Labute approximate surface area is 128 Å². The lowest BCUT2D eigenvalue weighted by atomic mass is 10.1. The van der Waals surface area contributed by atoms with E-state index in [1.165, 1.54) is 0 Å². The highest BCUT2D eigenvalue weighted by Gasteiger charge is 2.30. The molecular weight excluding hydrogens is 286 g/mol. The molecular formula is C16H25NO3S. The Kier molecular flexibility index (Phi) is 5.65. The summed E-state index contributed by atoms with van der Waals surface area (Å²) in [5.41, 5.74) is 0. The van der Waals surface area contributed by atoms with Crippen LogP contribution >= 0.6 is 0 Å². The first-order valence-corrected chi connectivity index (χ1v) is 9.24. The maximum atomic E-state index is 12.7. The van der Waals surface area contributed by atoms with Gasteiger partial charge in [-0.25, -0.2) is 8.42 Å². The molecule has 1 heterocycles. The van der Waals surface area contributed by atoms with Crippen molar-refractivity contribution in [2.24, 2.45) is 0 Å². The SMILES string of the molecule is CCCCOc1ccc(S(=O)(=O)N2CCCC[C@@H]2C)cc1. The number of sulfonamides is 1. The van der Waals surface area contributed by atoms with Crippen LogP contribution in [0.5, 0.6) is 5.75 Å². The van der Waals surface area contributed by atoms with Gasteiger partial charge in [0.25, 0.3) is 0 Å². The molecule has 1 saturated heterocycles. The van der Waals surface area contributed by atoms with Gasteiger partial charge in [-0.2, -0.15) is 4.31 Å². The van der Waals surface area contributed by atoms with Crippen LogP contribution in [-0.2, 0) is 10.0 Å². The van der Waals surface area contributed by atoms with Gasteiger partial charge in [-0.1, -0.05) is 19.8 Å². The molecule has 0 N–H and O–H groups in total. The molecule has 1 fully saturated rings. The zero-order chi connectivity index (χ0) is 15.3. The third-order valence-electron chi connectivity index (χ3n) is 3.94. The molecule has 0 spiro atoms. The van der Waals surface area contributed by atoms with E-state index in [1.807, 2.05) is 6.92 Å². The van der Waals surface area contributed by atoms with Gasteiger partial charge in [0.2, 0.25) is 10.0 Å². The third-order valence-corrected chi connectivity index (χ3v) is 5.97. The van der Waals surface area contributed by atoms with Crippen molar-refractivity contribution in [3.63, 3.8) is 0 Å². The van der Waals surface area contributed by atoms with Crippen LogP contribution in [0.4, 0.5) is 0 Å². The van der Waals surface area contributed by atoms with Crippen molar-refractivity contribution in [1.29, 1.82) is 0 Å². The minimum Gasteiger partial charge on any atom is -0.494 e. The summed E-state index contributed by atoms with van der Waals surface area (Å²) in [6.45, 7) is 5.39. The summed E-state index contributed by atoms with van der Waals surface area (Å²) in [5, 5.41) is 0. The van der Waals surface area contributed by atoms with Gasteiger partial charge in [0.1, 0.15) is 5.75 Å². The molecule has 0 bridgehead atoms. The molecule has 4 nitrogen and oxygen atoms in total. The van der Waals surface area contributed by atoms with Crippen molar-refractivity contribution in [2.75, 3.05) is 13.2 Å². The van der Waals surface area contributed by atoms with E-state index < -0.39 is 10.0 Å². The van der Waals surface area contributed by atoms with Crippen LogP contribution in [0.15, 0.2) is 29.2 Å². The molecule has 0 radical (unpaired) electrons. The highest BCUT2D eigenvalue weighted by atomic mass is 32.2. The van der Waals surface area contributed by atoms with Crippen LogP contribution in [0.3, 0.4) is 0 Å². The summed E-state index contributed by atoms with van der Waals surface area (Å²) in [5.74, 6) is 0.731. The highest BCUT2D eigenvalue weighted by Crippen LogP contribution is 2.26. The van der Waals surface area contributed by atoms with E-state index in [-0.39, 0.29) is 6.04 Å². The number of hydrogen-bond donors (Lipinski definition) is 0. The lowest BCUT2D eigenvalue weighted by Gasteiger charge is -2.32. The first-order valence-electron chi connectivity index (χ1n) is 7.80. The summed E-state index contributed by atoms with van der Waals surface area (Å²) in [7, 11) is -3.38. The molecule has 1 atom stereocenters. The van der Waals surface area contributed by atoms with Gasteiger partial charge in [0, 0.05) is 12.6 Å². The number of nitrogens with zero attached hydrogens (tertiary/aromatic N) is 1. The minimum absolute atomic E-state index is 0.0873. The summed E-state index contributed by atoms with van der Waals surface area (Å²) in [6.07, 6.45) is 5.08. The maximum Gasteiger partial charge on any atom is 0.243 e. The van der Waals surface area contributed by atoms with Crippen molar-refractivity contribution in [1.82, 2.24) is 4.31 Å². The second kappa shape index (κ2) is 7.27. The normalized spacial score (nSPS) is 20.4. The predicted molar refractivity (Wildman–Crippen MR) is 84.0 cm³/mol. The highest BCUT2D eigenvalue weighted by molar-refractivity contribution is 7.89. The molecule has 0 saturated carbocycles. The number of ether oxygens (including phenoxy) is 1. The van der Waals surface area contributed by atoms with E-state index in [4.69, 9.17) is 4.74 Å². The van der Waals surface area contributed by atoms with E-state index >= 15 is 0 Å². The Morgan fingerprint density at radius 3 is 2.57 bits per heavy atom.